The number of nitrogens with zero attached hydrogens (tertiary/aromatic N) is 9. The van der Waals surface area contributed by atoms with Crippen molar-refractivity contribution in [3.8, 4) is 0 Å². The molecule has 0 saturated carbocycles. The summed E-state index contributed by atoms with van der Waals surface area (Å²) in [6, 6.07) is 33.1. The van der Waals surface area contributed by atoms with Gasteiger partial charge in [0.1, 0.15) is 12.4 Å². The second kappa shape index (κ2) is 23.4. The van der Waals surface area contributed by atoms with Gasteiger partial charge in [0.15, 0.2) is 0 Å². The summed E-state index contributed by atoms with van der Waals surface area (Å²) in [5.74, 6) is 1.49. The molecule has 4 aliphatic heterocycles. The summed E-state index contributed by atoms with van der Waals surface area (Å²) in [7, 11) is -14.9. The fourth-order valence-corrected chi connectivity index (χ4v) is 17.3. The van der Waals surface area contributed by atoms with Gasteiger partial charge in [-0.25, -0.2) is 4.57 Å². The van der Waals surface area contributed by atoms with Crippen LogP contribution in [0.1, 0.15) is 74.3 Å². The molecule has 91 heavy (non-hydrogen) atoms. The number of rotatable bonds is 13. The van der Waals surface area contributed by atoms with Crippen molar-refractivity contribution in [2.24, 2.45) is 30.0 Å². The molecule has 11 aromatic rings. The molecule has 7 heterocycles. The molecule has 4 aliphatic rings. The number of nitrogens with one attached hydrogen (secondary N) is 1. The summed E-state index contributed by atoms with van der Waals surface area (Å²) in [5.41, 5.74) is 6.62. The number of unbranched alkanes of at least 4 members (excludes halogenated alkanes) is 1. The molecule has 0 amide bonds. The van der Waals surface area contributed by atoms with Gasteiger partial charge in [-0.15, -0.1) is 0 Å². The van der Waals surface area contributed by atoms with Crippen molar-refractivity contribution in [3.05, 3.63) is 202 Å². The van der Waals surface area contributed by atoms with Crippen LogP contribution in [0.5, 0.6) is 0 Å². The largest absolute Gasteiger partial charge is 0.412 e. The van der Waals surface area contributed by atoms with E-state index in [2.05, 4.69) is 48.7 Å². The monoisotopic (exact) mass is 1330 g/mol. The van der Waals surface area contributed by atoms with Crippen LogP contribution in [0.15, 0.2) is 208 Å². The zero-order valence-electron chi connectivity index (χ0n) is 49.3. The molecule has 15 rings (SSSR count). The minimum absolute atomic E-state index is 0. The van der Waals surface area contributed by atoms with E-state index in [0.717, 1.165) is 61.8 Å². The Hall–Kier alpha value is -8.86. The second-order valence-corrected chi connectivity index (χ2v) is 29.5. The first-order valence-electron chi connectivity index (χ1n) is 28.9. The van der Waals surface area contributed by atoms with Gasteiger partial charge in [-0.3, -0.25) is 4.98 Å². The number of benzene rings is 8. The molecule has 0 saturated heterocycles. The molecule has 0 fully saturated rings. The summed E-state index contributed by atoms with van der Waals surface area (Å²) in [5, 5.41) is 5.43. The van der Waals surface area contributed by atoms with Gasteiger partial charge in [0.2, 0.25) is 6.33 Å². The summed E-state index contributed by atoms with van der Waals surface area (Å²) >= 11 is -2.37. The van der Waals surface area contributed by atoms with E-state index >= 15 is 0 Å². The van der Waals surface area contributed by atoms with Crippen LogP contribution < -0.4 is 15.5 Å². The zero-order valence-corrected chi connectivity index (χ0v) is 54.2. The van der Waals surface area contributed by atoms with Crippen LogP contribution in [-0.4, -0.2) is 110 Å². The van der Waals surface area contributed by atoms with Crippen LogP contribution >= 0.6 is 0 Å². The van der Waals surface area contributed by atoms with Gasteiger partial charge >= 0.3 is 405 Å². The van der Waals surface area contributed by atoms with Crippen molar-refractivity contribution in [3.63, 3.8) is 0 Å². The topological polar surface area (TPSA) is 316 Å². The van der Waals surface area contributed by atoms with Crippen LogP contribution in [0.2, 0.25) is 0 Å². The van der Waals surface area contributed by atoms with Crippen LogP contribution in [0.4, 0.5) is 11.6 Å². The number of imidazole rings is 1. The third-order valence-electron chi connectivity index (χ3n) is 16.5. The minimum Gasteiger partial charge on any atom is -0.412 e. The Morgan fingerprint density at radius 3 is 1.57 bits per heavy atom. The molecular weight excluding hydrogens is 1270 g/mol. The number of aromatic nitrogens is 4. The number of H-pyrrole nitrogens is 1. The molecule has 8 aromatic carbocycles. The fourth-order valence-electron chi connectivity index (χ4n) is 12.1. The van der Waals surface area contributed by atoms with E-state index in [0.29, 0.717) is 88.8 Å². The van der Waals surface area contributed by atoms with E-state index in [-0.39, 0.29) is 38.8 Å². The maximum atomic E-state index is 12.8. The number of allylic oxidation sites excluding steroid dienone is 3. The maximum absolute atomic E-state index is 12.8. The molecule has 3 N–H and O–H groups in total. The Morgan fingerprint density at radius 2 is 1.02 bits per heavy atom. The number of hydrogen-bond acceptors (Lipinski definition) is 16. The Labute approximate surface area is 529 Å². The summed E-state index contributed by atoms with van der Waals surface area (Å²) in [6.45, 7) is 11.1. The molecule has 457 valence electrons. The van der Waals surface area contributed by atoms with Gasteiger partial charge in [0, 0.05) is 6.61 Å². The summed E-state index contributed by atoms with van der Waals surface area (Å²) < 4.78 is 127. The van der Waals surface area contributed by atoms with Crippen LogP contribution in [0.25, 0.3) is 64.6 Å². The molecule has 0 aliphatic carbocycles. The SMILES string of the molecule is CC(C)=CCC/C(C)=C/COCCCC[n+]1cc[nH]c1.Cc1cccc2cc3c(cc12)C1=NC3=Nc2c3cc4c(S(=O)(=O)[O-])cccc4cc3c3[n]2[Ga][n]2c(c4cc5cccc(S(=O)(=O)[O-])c5cc4c2=NC2=NC(=N3)c3cc4c(S(=O)(=O)[O-])cccc4cc32)=N1.O. The molecule has 0 unspecified atom stereocenters. The third-order valence-corrected chi connectivity index (χ3v) is 22.2. The zero-order chi connectivity index (χ0) is 62.5. The molecule has 1 radical (unpaired) electrons. The Balaban J connectivity index is 0.000000312. The third kappa shape index (κ3) is 11.3. The van der Waals surface area contributed by atoms with E-state index in [1.54, 1.807) is 48.5 Å². The summed E-state index contributed by atoms with van der Waals surface area (Å²) in [4.78, 5) is 33.1. The van der Waals surface area contributed by atoms with E-state index in [1.165, 1.54) is 53.6 Å². The van der Waals surface area contributed by atoms with E-state index in [4.69, 9.17) is 34.7 Å². The van der Waals surface area contributed by atoms with Crippen molar-refractivity contribution >= 4 is 148 Å². The Bertz CT molecular complexity index is 5670. The molecule has 0 atom stereocenters. The van der Waals surface area contributed by atoms with Gasteiger partial charge in [0.05, 0.1) is 13.2 Å². The smallest absolute Gasteiger partial charge is 0.412 e. The number of aryl methyl sites for hydroxylation is 2. The van der Waals surface area contributed by atoms with Gasteiger partial charge in [-0.05, 0) is 46.5 Å². The van der Waals surface area contributed by atoms with E-state index in [9.17, 15) is 38.9 Å². The van der Waals surface area contributed by atoms with Crippen molar-refractivity contribution in [2.75, 3.05) is 13.2 Å². The predicted molar refractivity (Wildman–Crippen MR) is 347 cm³/mol. The molecule has 25 heteroatoms. The van der Waals surface area contributed by atoms with Gasteiger partial charge < -0.3 is 10.2 Å². The average molecular weight is 1330 g/mol. The number of aliphatic imine (C=N–C) groups is 4. The standard InChI is InChI=1S/C49H26N8O9S3.C17H28N2O.Ga.H2O/c1-22-6-2-7-23-14-31-35(18-27(22)23)46-50-42(31)52-47-37-20-29-25(9-4-12-40(29)68(61,62)63)16-33(37)44(54-47)56-49-38-21-30-26(10-5-13-41(30)69(64,65)66)17-34(38)45(57-49)55-48-36-19-28-24(15-32(36)43(51-46)53-48)8-3-11-39(28)67(58,59)60;1-16(2)7-6-8-17(3)9-14-20-13-5-4-11-19-12-10-18-15-19;;/h2-21H,1H3,(H3-2,50,51,52,53,54,55,56,57,58,59,60,61,62,63,64,65,66);7,9-10,12,15H,4-6,8,11,13-14H2,1-3H3;;1H2/q-2;;+2;/p-2/b;17-9+;;. The second-order valence-electron chi connectivity index (χ2n) is 22.8. The average Bonchev–Trinajstić information content (AvgIpc) is 1.57. The normalized spacial score (nSPS) is 14.1. The fraction of sp³-hybridized carbons (Fsp3) is 0.167. The molecule has 6 bridgehead atoms. The van der Waals surface area contributed by atoms with E-state index < -0.39 is 62.9 Å². The minimum atomic E-state index is -4.98. The number of fused-ring (bicyclic) bond motifs is 18. The first kappa shape index (κ1) is 61.0. The van der Waals surface area contributed by atoms with Crippen molar-refractivity contribution in [1.29, 1.82) is 0 Å². The quantitative estimate of drug-likeness (QED) is 0.0375. The number of amidine groups is 4. The van der Waals surface area contributed by atoms with Crippen LogP contribution in [0.3, 0.4) is 0 Å². The first-order chi connectivity index (χ1) is 43.1. The van der Waals surface area contributed by atoms with Crippen LogP contribution in [-0.2, 0) is 41.6 Å². The van der Waals surface area contributed by atoms with Crippen molar-refractivity contribution in [2.45, 2.75) is 74.6 Å². The first-order valence-corrected chi connectivity index (χ1v) is 35.3. The maximum Gasteiger partial charge on any atom is -0.412 e. The van der Waals surface area contributed by atoms with Crippen molar-refractivity contribution in [1.82, 2.24) is 11.5 Å². The van der Waals surface area contributed by atoms with E-state index in [1.807, 2.05) is 56.3 Å². The Morgan fingerprint density at radius 1 is 0.549 bits per heavy atom. The molecule has 21 nitrogen and oxygen atoms in total. The number of hydrogen-bond donors (Lipinski definition) is 1. The van der Waals surface area contributed by atoms with Gasteiger partial charge in [0.25, 0.3) is 0 Å². The molecular formula is C66H54GaN10O11S3-2. The van der Waals surface area contributed by atoms with Crippen LogP contribution in [0, 0.1) is 6.92 Å². The van der Waals surface area contributed by atoms with Crippen molar-refractivity contribution < 1.29 is 53.7 Å². The van der Waals surface area contributed by atoms with Gasteiger partial charge in [-0.1, -0.05) is 23.3 Å². The number of ether oxygens (including phenoxy) is 1. The number of aromatic amines is 1. The molecule has 0 spiro atoms. The predicted octanol–water partition coefficient (Wildman–Crippen LogP) is 9.07. The summed E-state index contributed by atoms with van der Waals surface area (Å²) in [6.07, 6.45) is 15.0. The Kier molecular flexibility index (Phi) is 15.7. The van der Waals surface area contributed by atoms with Gasteiger partial charge in [-0.2, -0.15) is 0 Å². The molecule has 3 aromatic heterocycles.